The van der Waals surface area contributed by atoms with Gasteiger partial charge in [-0.3, -0.25) is 0 Å². The standard InChI is InChI=1S/C10H22BrNS/c1-3-4-7-12(9-6-11)8-5-10-13-2/h3-10H2,1-2H3. The molecule has 0 N–H and O–H groups in total. The molecule has 0 fully saturated rings. The molecule has 3 heteroatoms. The Morgan fingerprint density at radius 1 is 1.15 bits per heavy atom. The van der Waals surface area contributed by atoms with Crippen LogP contribution in [0.4, 0.5) is 0 Å². The Hall–Kier alpha value is 0.790. The molecule has 0 aromatic carbocycles. The molecule has 0 bridgehead atoms. The Balaban J connectivity index is 3.41. The molecule has 0 aliphatic rings. The smallest absolute Gasteiger partial charge is 0.0159 e. The van der Waals surface area contributed by atoms with Crippen LogP contribution < -0.4 is 0 Å². The zero-order chi connectivity index (χ0) is 9.94. The van der Waals surface area contributed by atoms with Gasteiger partial charge in [0.15, 0.2) is 0 Å². The number of rotatable bonds is 9. The molecule has 0 unspecified atom stereocenters. The van der Waals surface area contributed by atoms with Gasteiger partial charge in [-0.25, -0.2) is 0 Å². The first kappa shape index (κ1) is 13.8. The molecule has 13 heavy (non-hydrogen) atoms. The number of hydrogen-bond acceptors (Lipinski definition) is 2. The molecule has 0 aliphatic carbocycles. The Bertz CT molecular complexity index is 101. The highest BCUT2D eigenvalue weighted by Crippen LogP contribution is 2.01. The molecule has 0 rings (SSSR count). The molecular formula is C10H22BrNS. The number of nitrogens with zero attached hydrogens (tertiary/aromatic N) is 1. The first-order valence-electron chi connectivity index (χ1n) is 5.12. The summed E-state index contributed by atoms with van der Waals surface area (Å²) >= 11 is 5.45. The second-order valence-corrected chi connectivity index (χ2v) is 5.01. The summed E-state index contributed by atoms with van der Waals surface area (Å²) in [6.07, 6.45) is 6.16. The van der Waals surface area contributed by atoms with Crippen LogP contribution in [0.1, 0.15) is 26.2 Å². The second-order valence-electron chi connectivity index (χ2n) is 3.23. The highest BCUT2D eigenvalue weighted by Gasteiger charge is 2.01. The van der Waals surface area contributed by atoms with Crippen LogP contribution in [0, 0.1) is 0 Å². The quantitative estimate of drug-likeness (QED) is 0.466. The normalized spacial score (nSPS) is 11.1. The fourth-order valence-corrected chi connectivity index (χ4v) is 2.19. The van der Waals surface area contributed by atoms with E-state index in [0.717, 1.165) is 5.33 Å². The predicted molar refractivity (Wildman–Crippen MR) is 68.1 cm³/mol. The third kappa shape index (κ3) is 9.10. The SMILES string of the molecule is CCCCN(CCBr)CCCSC. The van der Waals surface area contributed by atoms with Gasteiger partial charge < -0.3 is 4.90 Å². The Labute approximate surface area is 95.8 Å². The van der Waals surface area contributed by atoms with E-state index in [-0.39, 0.29) is 0 Å². The minimum Gasteiger partial charge on any atom is -0.302 e. The summed E-state index contributed by atoms with van der Waals surface area (Å²) in [5.74, 6) is 1.30. The van der Waals surface area contributed by atoms with Crippen LogP contribution in [0.15, 0.2) is 0 Å². The summed E-state index contributed by atoms with van der Waals surface area (Å²) in [7, 11) is 0. The average Bonchev–Trinajstić information content (AvgIpc) is 2.14. The van der Waals surface area contributed by atoms with Crippen molar-refractivity contribution in [3.8, 4) is 0 Å². The van der Waals surface area contributed by atoms with Gasteiger partial charge in [0.2, 0.25) is 0 Å². The van der Waals surface area contributed by atoms with Gasteiger partial charge in [0.05, 0.1) is 0 Å². The topological polar surface area (TPSA) is 3.24 Å². The summed E-state index contributed by atoms with van der Waals surface area (Å²) < 4.78 is 0. The zero-order valence-corrected chi connectivity index (χ0v) is 11.3. The lowest BCUT2D eigenvalue weighted by molar-refractivity contribution is 0.288. The van der Waals surface area contributed by atoms with Crippen molar-refractivity contribution in [1.82, 2.24) is 4.90 Å². The molecule has 0 aliphatic heterocycles. The molecule has 1 nitrogen and oxygen atoms in total. The van der Waals surface area contributed by atoms with Crippen LogP contribution in [0.3, 0.4) is 0 Å². The van der Waals surface area contributed by atoms with Gasteiger partial charge in [-0.2, -0.15) is 11.8 Å². The third-order valence-corrected chi connectivity index (χ3v) is 3.10. The lowest BCUT2D eigenvalue weighted by atomic mass is 10.3. The summed E-state index contributed by atoms with van der Waals surface area (Å²) in [4.78, 5) is 2.56. The first-order chi connectivity index (χ1) is 6.35. The van der Waals surface area contributed by atoms with Gasteiger partial charge in [-0.1, -0.05) is 29.3 Å². The van der Waals surface area contributed by atoms with E-state index in [1.165, 1.54) is 44.6 Å². The molecular weight excluding hydrogens is 246 g/mol. The molecule has 80 valence electrons. The van der Waals surface area contributed by atoms with Gasteiger partial charge in [0, 0.05) is 11.9 Å². The molecule has 0 aromatic heterocycles. The van der Waals surface area contributed by atoms with E-state index in [4.69, 9.17) is 0 Å². The molecule has 0 spiro atoms. The van der Waals surface area contributed by atoms with E-state index in [2.05, 4.69) is 34.0 Å². The van der Waals surface area contributed by atoms with Crippen molar-refractivity contribution in [1.29, 1.82) is 0 Å². The van der Waals surface area contributed by atoms with E-state index < -0.39 is 0 Å². The Morgan fingerprint density at radius 3 is 2.38 bits per heavy atom. The van der Waals surface area contributed by atoms with Crippen molar-refractivity contribution >= 4 is 27.7 Å². The van der Waals surface area contributed by atoms with E-state index in [9.17, 15) is 0 Å². The van der Waals surface area contributed by atoms with Gasteiger partial charge in [-0.15, -0.1) is 0 Å². The molecule has 0 heterocycles. The van der Waals surface area contributed by atoms with Crippen LogP contribution in [0.5, 0.6) is 0 Å². The molecule has 0 radical (unpaired) electrons. The van der Waals surface area contributed by atoms with Gasteiger partial charge in [0.25, 0.3) is 0 Å². The lowest BCUT2D eigenvalue weighted by Crippen LogP contribution is -2.28. The van der Waals surface area contributed by atoms with Crippen molar-refractivity contribution in [2.45, 2.75) is 26.2 Å². The fourth-order valence-electron chi connectivity index (χ4n) is 1.27. The zero-order valence-electron chi connectivity index (χ0n) is 8.89. The minimum absolute atomic E-state index is 1.11. The maximum atomic E-state index is 3.50. The average molecular weight is 268 g/mol. The van der Waals surface area contributed by atoms with E-state index in [0.29, 0.717) is 0 Å². The van der Waals surface area contributed by atoms with Crippen LogP contribution in [0.2, 0.25) is 0 Å². The first-order valence-corrected chi connectivity index (χ1v) is 7.64. The van der Waals surface area contributed by atoms with Crippen LogP contribution >= 0.6 is 27.7 Å². The van der Waals surface area contributed by atoms with Gasteiger partial charge in [0.1, 0.15) is 0 Å². The van der Waals surface area contributed by atoms with Gasteiger partial charge in [-0.05, 0) is 37.9 Å². The van der Waals surface area contributed by atoms with Crippen LogP contribution in [-0.4, -0.2) is 41.9 Å². The number of hydrogen-bond donors (Lipinski definition) is 0. The van der Waals surface area contributed by atoms with Crippen LogP contribution in [0.25, 0.3) is 0 Å². The summed E-state index contributed by atoms with van der Waals surface area (Å²) in [5.41, 5.74) is 0. The molecule has 0 amide bonds. The highest BCUT2D eigenvalue weighted by atomic mass is 79.9. The van der Waals surface area contributed by atoms with Gasteiger partial charge >= 0.3 is 0 Å². The lowest BCUT2D eigenvalue weighted by Gasteiger charge is -2.20. The predicted octanol–water partition coefficient (Wildman–Crippen LogP) is 3.24. The fraction of sp³-hybridized carbons (Fsp3) is 1.00. The largest absolute Gasteiger partial charge is 0.302 e. The van der Waals surface area contributed by atoms with Crippen molar-refractivity contribution in [3.63, 3.8) is 0 Å². The summed E-state index contributed by atoms with van der Waals surface area (Å²) in [6, 6.07) is 0. The number of thioether (sulfide) groups is 1. The highest BCUT2D eigenvalue weighted by molar-refractivity contribution is 9.09. The van der Waals surface area contributed by atoms with Crippen molar-refractivity contribution in [3.05, 3.63) is 0 Å². The molecule has 0 aromatic rings. The molecule has 0 saturated carbocycles. The summed E-state index contributed by atoms with van der Waals surface area (Å²) in [6.45, 7) is 6.01. The van der Waals surface area contributed by atoms with E-state index >= 15 is 0 Å². The Morgan fingerprint density at radius 2 is 1.85 bits per heavy atom. The maximum absolute atomic E-state index is 3.50. The van der Waals surface area contributed by atoms with Crippen molar-refractivity contribution in [2.24, 2.45) is 0 Å². The van der Waals surface area contributed by atoms with Crippen LogP contribution in [-0.2, 0) is 0 Å². The maximum Gasteiger partial charge on any atom is 0.0159 e. The second kappa shape index (κ2) is 10.9. The van der Waals surface area contributed by atoms with E-state index in [1.807, 2.05) is 11.8 Å². The number of unbranched alkanes of at least 4 members (excludes halogenated alkanes) is 1. The van der Waals surface area contributed by atoms with Crippen molar-refractivity contribution in [2.75, 3.05) is 37.0 Å². The molecule has 0 saturated heterocycles. The minimum atomic E-state index is 1.11. The van der Waals surface area contributed by atoms with Crippen molar-refractivity contribution < 1.29 is 0 Å². The monoisotopic (exact) mass is 267 g/mol. The third-order valence-electron chi connectivity index (χ3n) is 2.05. The Kier molecular flexibility index (Phi) is 11.5. The van der Waals surface area contributed by atoms with E-state index in [1.54, 1.807) is 0 Å². The molecule has 0 atom stereocenters. The number of alkyl halides is 1. The summed E-state index contributed by atoms with van der Waals surface area (Å²) in [5, 5.41) is 1.11. The number of halogens is 1.